The van der Waals surface area contributed by atoms with Gasteiger partial charge in [0.25, 0.3) is 0 Å². The van der Waals surface area contributed by atoms with E-state index in [-0.39, 0.29) is 18.6 Å². The quantitative estimate of drug-likeness (QED) is 0.315. The molecule has 5 heteroatoms. The van der Waals surface area contributed by atoms with Crippen molar-refractivity contribution in [2.45, 2.75) is 70.1 Å². The molecule has 0 bridgehead atoms. The highest BCUT2D eigenvalue weighted by Gasteiger charge is 2.35. The summed E-state index contributed by atoms with van der Waals surface area (Å²) in [5.74, 6) is 0.792. The summed E-state index contributed by atoms with van der Waals surface area (Å²) >= 11 is 2.31. The maximum atomic E-state index is 12.1. The molecule has 0 aliphatic heterocycles. The molecular weight excluding hydrogens is 368 g/mol. The Balaban J connectivity index is 2.29. The molecule has 0 atom stereocenters. The Morgan fingerprint density at radius 1 is 1.26 bits per heavy atom. The van der Waals surface area contributed by atoms with E-state index in [0.29, 0.717) is 0 Å². The number of halogens is 4. The third-order valence-corrected chi connectivity index (χ3v) is 5.36. The summed E-state index contributed by atoms with van der Waals surface area (Å²) in [4.78, 5) is 0. The highest BCUT2D eigenvalue weighted by molar-refractivity contribution is 14.1. The van der Waals surface area contributed by atoms with Crippen molar-refractivity contribution in [2.75, 3.05) is 11.0 Å². The molecule has 0 N–H and O–H groups in total. The van der Waals surface area contributed by atoms with Crippen LogP contribution in [0.15, 0.2) is 0 Å². The second-order valence-electron chi connectivity index (χ2n) is 5.62. The van der Waals surface area contributed by atoms with Crippen molar-refractivity contribution in [3.63, 3.8) is 0 Å². The number of rotatable bonds is 7. The van der Waals surface area contributed by atoms with Crippen LogP contribution >= 0.6 is 22.6 Å². The summed E-state index contributed by atoms with van der Waals surface area (Å²) < 4.78 is 43.0. The van der Waals surface area contributed by atoms with Gasteiger partial charge in [0.2, 0.25) is 0 Å². The maximum Gasteiger partial charge on any atom is 0.389 e. The van der Waals surface area contributed by atoms with Crippen molar-refractivity contribution in [1.82, 2.24) is 0 Å². The molecule has 1 saturated carbocycles. The van der Waals surface area contributed by atoms with E-state index in [4.69, 9.17) is 4.74 Å². The lowest BCUT2D eigenvalue weighted by atomic mass is 9.78. The summed E-state index contributed by atoms with van der Waals surface area (Å²) in [5, 5.41) is 0. The van der Waals surface area contributed by atoms with E-state index < -0.39 is 12.6 Å². The molecule has 0 saturated heterocycles. The number of hydrogen-bond acceptors (Lipinski definition) is 1. The van der Waals surface area contributed by atoms with Crippen LogP contribution in [0.5, 0.6) is 0 Å². The predicted molar refractivity (Wildman–Crippen MR) is 79.7 cm³/mol. The van der Waals surface area contributed by atoms with Gasteiger partial charge in [-0.3, -0.25) is 0 Å². The fourth-order valence-electron chi connectivity index (χ4n) is 2.78. The van der Waals surface area contributed by atoms with Crippen LogP contribution in [0.3, 0.4) is 0 Å². The van der Waals surface area contributed by atoms with E-state index in [1.54, 1.807) is 0 Å². The van der Waals surface area contributed by atoms with Crippen LogP contribution in [0.25, 0.3) is 0 Å². The highest BCUT2D eigenvalue weighted by atomic mass is 127. The molecule has 0 spiro atoms. The maximum absolute atomic E-state index is 12.1. The van der Waals surface area contributed by atoms with Gasteiger partial charge in [0, 0.05) is 17.5 Å². The highest BCUT2D eigenvalue weighted by Crippen LogP contribution is 2.38. The van der Waals surface area contributed by atoms with Crippen LogP contribution < -0.4 is 0 Å². The van der Waals surface area contributed by atoms with Crippen molar-refractivity contribution < 1.29 is 17.9 Å². The normalized spacial score (nSPS) is 28.6. The molecule has 1 fully saturated rings. The van der Waals surface area contributed by atoms with Crippen LogP contribution in [-0.4, -0.2) is 22.8 Å². The molecule has 1 aliphatic rings. The molecule has 114 valence electrons. The van der Waals surface area contributed by atoms with Gasteiger partial charge >= 0.3 is 6.18 Å². The van der Waals surface area contributed by atoms with E-state index in [1.807, 2.05) is 0 Å². The van der Waals surface area contributed by atoms with E-state index in [0.717, 1.165) is 36.0 Å². The van der Waals surface area contributed by atoms with Gasteiger partial charge in [0.05, 0.1) is 5.60 Å². The topological polar surface area (TPSA) is 9.23 Å². The van der Waals surface area contributed by atoms with E-state index in [2.05, 4.69) is 29.5 Å². The van der Waals surface area contributed by atoms with Gasteiger partial charge in [-0.05, 0) is 38.0 Å². The fourth-order valence-corrected chi connectivity index (χ4v) is 3.76. The Bertz CT molecular complexity index is 248. The van der Waals surface area contributed by atoms with Crippen molar-refractivity contribution in [2.24, 2.45) is 5.92 Å². The number of alkyl halides is 4. The second kappa shape index (κ2) is 8.05. The van der Waals surface area contributed by atoms with Gasteiger partial charge < -0.3 is 4.74 Å². The molecular formula is C14H24F3IO. The zero-order chi connectivity index (χ0) is 14.4. The first-order valence-electron chi connectivity index (χ1n) is 7.17. The van der Waals surface area contributed by atoms with Gasteiger partial charge in [0.1, 0.15) is 0 Å². The van der Waals surface area contributed by atoms with Crippen molar-refractivity contribution >= 4 is 22.6 Å². The molecule has 0 aromatic heterocycles. The van der Waals surface area contributed by atoms with Gasteiger partial charge in [0.15, 0.2) is 0 Å². The molecule has 1 rings (SSSR count). The summed E-state index contributed by atoms with van der Waals surface area (Å²) in [5.41, 5.74) is -0.156. The Labute approximate surface area is 127 Å². The SMILES string of the molecule is CCCC1CCC(CI)(OCCCC(F)(F)F)CC1. The lowest BCUT2D eigenvalue weighted by Gasteiger charge is -2.39. The first-order chi connectivity index (χ1) is 8.91. The van der Waals surface area contributed by atoms with Gasteiger partial charge in [-0.15, -0.1) is 0 Å². The molecule has 0 unspecified atom stereocenters. The third-order valence-electron chi connectivity index (χ3n) is 3.97. The smallest absolute Gasteiger partial charge is 0.374 e. The average Bonchev–Trinajstić information content (AvgIpc) is 2.36. The van der Waals surface area contributed by atoms with Crippen molar-refractivity contribution in [1.29, 1.82) is 0 Å². The minimum absolute atomic E-state index is 0.0836. The Morgan fingerprint density at radius 2 is 1.89 bits per heavy atom. The molecule has 0 aromatic carbocycles. The van der Waals surface area contributed by atoms with Crippen molar-refractivity contribution in [3.8, 4) is 0 Å². The van der Waals surface area contributed by atoms with Crippen LogP contribution in [-0.2, 0) is 4.74 Å². The molecule has 0 aromatic rings. The van der Waals surface area contributed by atoms with Crippen LogP contribution in [0.2, 0.25) is 0 Å². The van der Waals surface area contributed by atoms with Gasteiger partial charge in [-0.2, -0.15) is 13.2 Å². The van der Waals surface area contributed by atoms with Gasteiger partial charge in [-0.1, -0.05) is 42.4 Å². The third kappa shape index (κ3) is 6.65. The molecule has 1 aliphatic carbocycles. The average molecular weight is 392 g/mol. The summed E-state index contributed by atoms with van der Waals surface area (Å²) in [6, 6.07) is 0. The zero-order valence-electron chi connectivity index (χ0n) is 11.6. The van der Waals surface area contributed by atoms with Gasteiger partial charge in [-0.25, -0.2) is 0 Å². The fraction of sp³-hybridized carbons (Fsp3) is 1.00. The Hall–Kier alpha value is 0.480. The first-order valence-corrected chi connectivity index (χ1v) is 8.70. The predicted octanol–water partition coefficient (Wildman–Crippen LogP) is 5.51. The van der Waals surface area contributed by atoms with Crippen LogP contribution in [0, 0.1) is 5.92 Å². The number of hydrogen-bond donors (Lipinski definition) is 0. The van der Waals surface area contributed by atoms with Crippen molar-refractivity contribution in [3.05, 3.63) is 0 Å². The summed E-state index contributed by atoms with van der Waals surface area (Å²) in [6.07, 6.45) is 2.12. The van der Waals surface area contributed by atoms with Crippen LogP contribution in [0.1, 0.15) is 58.3 Å². The molecule has 0 amide bonds. The monoisotopic (exact) mass is 392 g/mol. The van der Waals surface area contributed by atoms with E-state index >= 15 is 0 Å². The first kappa shape index (κ1) is 17.5. The molecule has 19 heavy (non-hydrogen) atoms. The molecule has 1 nitrogen and oxygen atoms in total. The summed E-state index contributed by atoms with van der Waals surface area (Å²) in [6.45, 7) is 2.44. The minimum atomic E-state index is -4.06. The Kier molecular flexibility index (Phi) is 7.43. The zero-order valence-corrected chi connectivity index (χ0v) is 13.7. The van der Waals surface area contributed by atoms with E-state index in [9.17, 15) is 13.2 Å². The minimum Gasteiger partial charge on any atom is -0.374 e. The molecule has 0 radical (unpaired) electrons. The van der Waals surface area contributed by atoms with Crippen LogP contribution in [0.4, 0.5) is 13.2 Å². The van der Waals surface area contributed by atoms with E-state index in [1.165, 1.54) is 12.8 Å². The summed E-state index contributed by atoms with van der Waals surface area (Å²) in [7, 11) is 0. The lowest BCUT2D eigenvalue weighted by Crippen LogP contribution is -2.39. The standard InChI is InChI=1S/C14H24F3IO/c1-2-4-12-5-8-13(11-18,9-6-12)19-10-3-7-14(15,16)17/h12H,2-11H2,1H3. The molecule has 0 heterocycles. The lowest BCUT2D eigenvalue weighted by molar-refractivity contribution is -0.142. The Morgan fingerprint density at radius 3 is 2.37 bits per heavy atom. The second-order valence-corrected chi connectivity index (χ2v) is 6.38. The largest absolute Gasteiger partial charge is 0.389 e. The number of ether oxygens (including phenoxy) is 1.